The second kappa shape index (κ2) is 5.25. The highest BCUT2D eigenvalue weighted by molar-refractivity contribution is 5.81. The zero-order valence-electron chi connectivity index (χ0n) is 10.5. The maximum absolute atomic E-state index is 13.7. The maximum atomic E-state index is 13.7. The molecule has 4 nitrogen and oxygen atoms in total. The quantitative estimate of drug-likeness (QED) is 0.828. The molecular formula is C13H18FN3O. The van der Waals surface area contributed by atoms with Gasteiger partial charge in [-0.25, -0.2) is 4.39 Å². The van der Waals surface area contributed by atoms with Gasteiger partial charge in [0.1, 0.15) is 5.82 Å². The lowest BCUT2D eigenvalue weighted by Crippen LogP contribution is -2.37. The number of nitrogen functional groups attached to an aromatic ring is 1. The second-order valence-corrected chi connectivity index (χ2v) is 4.65. The van der Waals surface area contributed by atoms with Crippen molar-refractivity contribution in [1.29, 1.82) is 0 Å². The van der Waals surface area contributed by atoms with Crippen LogP contribution >= 0.6 is 0 Å². The van der Waals surface area contributed by atoms with Crippen LogP contribution in [0.4, 0.5) is 15.8 Å². The van der Waals surface area contributed by atoms with Gasteiger partial charge in [-0.1, -0.05) is 0 Å². The van der Waals surface area contributed by atoms with E-state index in [9.17, 15) is 9.18 Å². The number of likely N-dealkylation sites (N-methyl/N-ethyl adjacent to an activating group) is 1. The molecule has 1 heterocycles. The first-order chi connectivity index (χ1) is 8.58. The van der Waals surface area contributed by atoms with Gasteiger partial charge in [0.15, 0.2) is 0 Å². The van der Waals surface area contributed by atoms with E-state index < -0.39 is 5.82 Å². The topological polar surface area (TPSA) is 49.6 Å². The van der Waals surface area contributed by atoms with Gasteiger partial charge in [0.25, 0.3) is 0 Å². The van der Waals surface area contributed by atoms with Crippen LogP contribution in [-0.2, 0) is 4.79 Å². The predicted octanol–water partition coefficient (Wildman–Crippen LogP) is 1.47. The van der Waals surface area contributed by atoms with Crippen molar-refractivity contribution < 1.29 is 9.18 Å². The molecule has 1 aliphatic rings. The molecule has 2 N–H and O–H groups in total. The van der Waals surface area contributed by atoms with E-state index in [-0.39, 0.29) is 12.5 Å². The zero-order valence-corrected chi connectivity index (χ0v) is 10.5. The largest absolute Gasteiger partial charge is 0.399 e. The van der Waals surface area contributed by atoms with Crippen LogP contribution in [0.15, 0.2) is 18.2 Å². The summed E-state index contributed by atoms with van der Waals surface area (Å²) < 4.78 is 13.7. The van der Waals surface area contributed by atoms with Crippen molar-refractivity contribution in [2.24, 2.45) is 0 Å². The highest BCUT2D eigenvalue weighted by atomic mass is 19.1. The molecule has 5 heteroatoms. The number of benzene rings is 1. The number of nitrogens with two attached hydrogens (primary N) is 1. The molecule has 18 heavy (non-hydrogen) atoms. The normalized spacial score (nSPS) is 14.9. The lowest BCUT2D eigenvalue weighted by molar-refractivity contribution is -0.128. The molecule has 0 saturated carbocycles. The van der Waals surface area contributed by atoms with Crippen molar-refractivity contribution >= 4 is 17.3 Å². The third-order valence-electron chi connectivity index (χ3n) is 3.21. The molecule has 1 amide bonds. The van der Waals surface area contributed by atoms with Gasteiger partial charge in [-0.15, -0.1) is 0 Å². The first-order valence-corrected chi connectivity index (χ1v) is 6.12. The summed E-state index contributed by atoms with van der Waals surface area (Å²) in [6.45, 7) is 1.83. The summed E-state index contributed by atoms with van der Waals surface area (Å²) in [6.07, 6.45) is 2.12. The lowest BCUT2D eigenvalue weighted by Gasteiger charge is -2.23. The smallest absolute Gasteiger partial charge is 0.242 e. The first kappa shape index (κ1) is 12.7. The summed E-state index contributed by atoms with van der Waals surface area (Å²) in [6, 6.07) is 4.50. The second-order valence-electron chi connectivity index (χ2n) is 4.65. The molecule has 0 aromatic heterocycles. The molecule has 1 aliphatic heterocycles. The van der Waals surface area contributed by atoms with E-state index in [1.165, 1.54) is 6.07 Å². The van der Waals surface area contributed by atoms with Gasteiger partial charge in [0.05, 0.1) is 12.2 Å². The summed E-state index contributed by atoms with van der Waals surface area (Å²) in [5.74, 6) is -0.349. The van der Waals surface area contributed by atoms with Crippen LogP contribution in [0.5, 0.6) is 0 Å². The first-order valence-electron chi connectivity index (χ1n) is 6.12. The maximum Gasteiger partial charge on any atom is 0.242 e. The van der Waals surface area contributed by atoms with Gasteiger partial charge in [-0.2, -0.15) is 0 Å². The highest BCUT2D eigenvalue weighted by Crippen LogP contribution is 2.20. The van der Waals surface area contributed by atoms with Crippen molar-refractivity contribution in [2.75, 3.05) is 37.3 Å². The van der Waals surface area contributed by atoms with Crippen LogP contribution in [0.3, 0.4) is 0 Å². The highest BCUT2D eigenvalue weighted by Gasteiger charge is 2.20. The monoisotopic (exact) mass is 251 g/mol. The summed E-state index contributed by atoms with van der Waals surface area (Å²) in [7, 11) is 1.71. The Morgan fingerprint density at radius 2 is 2.11 bits per heavy atom. The molecule has 0 unspecified atom stereocenters. The molecule has 0 radical (unpaired) electrons. The minimum absolute atomic E-state index is 0.0474. The van der Waals surface area contributed by atoms with Crippen LogP contribution in [-0.4, -0.2) is 37.5 Å². The molecule has 1 aromatic rings. The number of amides is 1. The standard InChI is InChI=1S/C13H18FN3O/c1-16(9-13(18)17-6-2-3-7-17)12-5-4-10(15)8-11(12)14/h4-5,8H,2-3,6-7,9,15H2,1H3. The van der Waals surface area contributed by atoms with Crippen LogP contribution in [0.2, 0.25) is 0 Å². The van der Waals surface area contributed by atoms with Crippen LogP contribution < -0.4 is 10.6 Å². The average Bonchev–Trinajstić information content (AvgIpc) is 2.81. The Balaban J connectivity index is 2.02. The molecule has 1 aromatic carbocycles. The molecule has 0 bridgehead atoms. The Kier molecular flexibility index (Phi) is 3.69. The van der Waals surface area contributed by atoms with Gasteiger partial charge >= 0.3 is 0 Å². The van der Waals surface area contributed by atoms with Gasteiger partial charge in [-0.3, -0.25) is 4.79 Å². The van der Waals surface area contributed by atoms with Gasteiger partial charge in [0, 0.05) is 25.8 Å². The molecule has 2 rings (SSSR count). The third kappa shape index (κ3) is 2.72. The molecule has 1 fully saturated rings. The minimum atomic E-state index is -0.397. The number of carbonyl (C=O) groups is 1. The fourth-order valence-electron chi connectivity index (χ4n) is 2.19. The van der Waals surface area contributed by atoms with E-state index in [0.717, 1.165) is 25.9 Å². The third-order valence-corrected chi connectivity index (χ3v) is 3.21. The number of hydrogen-bond donors (Lipinski definition) is 1. The van der Waals surface area contributed by atoms with Crippen LogP contribution in [0.25, 0.3) is 0 Å². The summed E-state index contributed by atoms with van der Waals surface area (Å²) >= 11 is 0. The van der Waals surface area contributed by atoms with Crippen molar-refractivity contribution in [2.45, 2.75) is 12.8 Å². The number of anilines is 2. The van der Waals surface area contributed by atoms with E-state index in [1.807, 2.05) is 4.90 Å². The van der Waals surface area contributed by atoms with Gasteiger partial charge in [-0.05, 0) is 31.0 Å². The number of halogens is 1. The van der Waals surface area contributed by atoms with Crippen molar-refractivity contribution in [3.05, 3.63) is 24.0 Å². The van der Waals surface area contributed by atoms with E-state index >= 15 is 0 Å². The van der Waals surface area contributed by atoms with Crippen molar-refractivity contribution in [1.82, 2.24) is 4.90 Å². The molecule has 1 saturated heterocycles. The van der Waals surface area contributed by atoms with Gasteiger partial charge < -0.3 is 15.5 Å². The SMILES string of the molecule is CN(CC(=O)N1CCCC1)c1ccc(N)cc1F. The fraction of sp³-hybridized carbons (Fsp3) is 0.462. The molecule has 0 spiro atoms. The molecule has 98 valence electrons. The Bertz CT molecular complexity index is 444. The molecular weight excluding hydrogens is 233 g/mol. The summed E-state index contributed by atoms with van der Waals surface area (Å²) in [5.41, 5.74) is 6.28. The lowest BCUT2D eigenvalue weighted by atomic mass is 10.2. The number of rotatable bonds is 3. The van der Waals surface area contributed by atoms with E-state index in [4.69, 9.17) is 5.73 Å². The van der Waals surface area contributed by atoms with Crippen LogP contribution in [0, 0.1) is 5.82 Å². The fourth-order valence-corrected chi connectivity index (χ4v) is 2.19. The Hall–Kier alpha value is -1.78. The van der Waals surface area contributed by atoms with Gasteiger partial charge in [0.2, 0.25) is 5.91 Å². The van der Waals surface area contributed by atoms with E-state index in [1.54, 1.807) is 24.1 Å². The number of carbonyl (C=O) groups excluding carboxylic acids is 1. The van der Waals surface area contributed by atoms with Crippen LogP contribution in [0.1, 0.15) is 12.8 Å². The summed E-state index contributed by atoms with van der Waals surface area (Å²) in [4.78, 5) is 15.4. The Labute approximate surface area is 106 Å². The zero-order chi connectivity index (χ0) is 13.1. The Morgan fingerprint density at radius 1 is 1.44 bits per heavy atom. The summed E-state index contributed by atoms with van der Waals surface area (Å²) in [5, 5.41) is 0. The van der Waals surface area contributed by atoms with Crippen molar-refractivity contribution in [3.63, 3.8) is 0 Å². The van der Waals surface area contributed by atoms with E-state index in [2.05, 4.69) is 0 Å². The number of hydrogen-bond acceptors (Lipinski definition) is 3. The molecule has 0 atom stereocenters. The number of likely N-dealkylation sites (tertiary alicyclic amines) is 1. The minimum Gasteiger partial charge on any atom is -0.399 e. The molecule has 0 aliphatic carbocycles. The van der Waals surface area contributed by atoms with E-state index in [0.29, 0.717) is 11.4 Å². The number of nitrogens with zero attached hydrogens (tertiary/aromatic N) is 2. The Morgan fingerprint density at radius 3 is 2.72 bits per heavy atom. The average molecular weight is 251 g/mol. The predicted molar refractivity (Wildman–Crippen MR) is 69.9 cm³/mol. The van der Waals surface area contributed by atoms with Crippen molar-refractivity contribution in [3.8, 4) is 0 Å².